The second-order valence-electron chi connectivity index (χ2n) is 5.22. The molecule has 0 radical (unpaired) electrons. The van der Waals surface area contributed by atoms with E-state index in [2.05, 4.69) is 21.2 Å². The average Bonchev–Trinajstić information content (AvgIpc) is 2.98. The number of fused-ring (bicyclic) bond motifs is 1. The number of benzene rings is 2. The Morgan fingerprint density at radius 3 is 2.70 bits per heavy atom. The molecule has 3 aromatic rings. The van der Waals surface area contributed by atoms with E-state index in [1.165, 1.54) is 0 Å². The summed E-state index contributed by atoms with van der Waals surface area (Å²) in [6.07, 6.45) is 0. The SMILES string of the molecule is C[C@@H](NC(=O)COc1ccc(Br)cc1)c1cc2ccccc2o1. The minimum absolute atomic E-state index is 0.0355. The highest BCUT2D eigenvalue weighted by Gasteiger charge is 2.14. The Balaban J connectivity index is 1.57. The highest BCUT2D eigenvalue weighted by atomic mass is 79.9. The minimum atomic E-state index is -0.219. The zero-order chi connectivity index (χ0) is 16.2. The number of amides is 1. The maximum Gasteiger partial charge on any atom is 0.258 e. The van der Waals surface area contributed by atoms with E-state index < -0.39 is 0 Å². The zero-order valence-corrected chi connectivity index (χ0v) is 14.2. The van der Waals surface area contributed by atoms with Crippen molar-refractivity contribution in [2.45, 2.75) is 13.0 Å². The number of halogens is 1. The molecule has 118 valence electrons. The van der Waals surface area contributed by atoms with Gasteiger partial charge >= 0.3 is 0 Å². The molecule has 1 heterocycles. The Hall–Kier alpha value is -2.27. The van der Waals surface area contributed by atoms with E-state index in [4.69, 9.17) is 9.15 Å². The monoisotopic (exact) mass is 373 g/mol. The van der Waals surface area contributed by atoms with Crippen molar-refractivity contribution in [2.24, 2.45) is 0 Å². The zero-order valence-electron chi connectivity index (χ0n) is 12.6. The van der Waals surface area contributed by atoms with Gasteiger partial charge in [0.05, 0.1) is 6.04 Å². The van der Waals surface area contributed by atoms with E-state index in [1.807, 2.05) is 49.4 Å². The number of carbonyl (C=O) groups is 1. The molecule has 1 atom stereocenters. The van der Waals surface area contributed by atoms with E-state index in [0.717, 1.165) is 21.2 Å². The Kier molecular flexibility index (Phi) is 4.67. The molecule has 0 bridgehead atoms. The van der Waals surface area contributed by atoms with Crippen LogP contribution in [0.4, 0.5) is 0 Å². The van der Waals surface area contributed by atoms with Gasteiger partial charge in [0.1, 0.15) is 17.1 Å². The van der Waals surface area contributed by atoms with E-state index in [0.29, 0.717) is 5.75 Å². The normalized spacial score (nSPS) is 12.1. The summed E-state index contributed by atoms with van der Waals surface area (Å²) >= 11 is 3.35. The first-order chi connectivity index (χ1) is 11.1. The summed E-state index contributed by atoms with van der Waals surface area (Å²) < 4.78 is 12.2. The number of para-hydroxylation sites is 1. The van der Waals surface area contributed by atoms with Gasteiger partial charge in [0.15, 0.2) is 6.61 Å². The smallest absolute Gasteiger partial charge is 0.258 e. The molecule has 0 saturated heterocycles. The van der Waals surface area contributed by atoms with Crippen LogP contribution in [0.3, 0.4) is 0 Å². The molecule has 0 unspecified atom stereocenters. The molecule has 0 aliphatic heterocycles. The number of furan rings is 1. The van der Waals surface area contributed by atoms with Gasteiger partial charge in [-0.05, 0) is 43.3 Å². The predicted octanol–water partition coefficient (Wildman–Crippen LogP) is 4.45. The van der Waals surface area contributed by atoms with Gasteiger partial charge in [-0.3, -0.25) is 4.79 Å². The fourth-order valence-electron chi connectivity index (χ4n) is 2.25. The summed E-state index contributed by atoms with van der Waals surface area (Å²) in [5, 5.41) is 3.89. The molecule has 23 heavy (non-hydrogen) atoms. The van der Waals surface area contributed by atoms with E-state index in [-0.39, 0.29) is 18.6 Å². The molecular weight excluding hydrogens is 358 g/mol. The lowest BCUT2D eigenvalue weighted by Gasteiger charge is -2.12. The van der Waals surface area contributed by atoms with Crippen molar-refractivity contribution in [1.82, 2.24) is 5.32 Å². The lowest BCUT2D eigenvalue weighted by Crippen LogP contribution is -2.31. The van der Waals surface area contributed by atoms with Crippen LogP contribution in [0, 0.1) is 0 Å². The standard InChI is InChI=1S/C18H16BrNO3/c1-12(17-10-13-4-2-3-5-16(13)23-17)20-18(21)11-22-15-8-6-14(19)7-9-15/h2-10,12H,11H2,1H3,(H,20,21)/t12-/m1/s1. The third-order valence-corrected chi connectivity index (χ3v) is 3.96. The minimum Gasteiger partial charge on any atom is -0.484 e. The summed E-state index contributed by atoms with van der Waals surface area (Å²) in [6, 6.07) is 16.8. The first kappa shape index (κ1) is 15.6. The van der Waals surface area contributed by atoms with Crippen molar-refractivity contribution in [3.63, 3.8) is 0 Å². The lowest BCUT2D eigenvalue weighted by atomic mass is 10.2. The molecule has 3 rings (SSSR count). The van der Waals surface area contributed by atoms with E-state index >= 15 is 0 Å². The quantitative estimate of drug-likeness (QED) is 0.718. The van der Waals surface area contributed by atoms with Gasteiger partial charge in [0.25, 0.3) is 5.91 Å². The molecule has 0 spiro atoms. The van der Waals surface area contributed by atoms with Crippen molar-refractivity contribution >= 4 is 32.8 Å². The number of hydrogen-bond acceptors (Lipinski definition) is 3. The summed E-state index contributed by atoms with van der Waals surface area (Å²) in [5.74, 6) is 1.18. The molecule has 1 amide bonds. The van der Waals surface area contributed by atoms with Crippen molar-refractivity contribution in [2.75, 3.05) is 6.61 Å². The van der Waals surface area contributed by atoms with Crippen LogP contribution in [0.5, 0.6) is 5.75 Å². The summed E-state index contributed by atoms with van der Waals surface area (Å²) in [7, 11) is 0. The maximum absolute atomic E-state index is 12.0. The van der Waals surface area contributed by atoms with Crippen LogP contribution in [-0.2, 0) is 4.79 Å². The van der Waals surface area contributed by atoms with Crippen LogP contribution in [0.25, 0.3) is 11.0 Å². The van der Waals surface area contributed by atoms with Gasteiger partial charge in [-0.15, -0.1) is 0 Å². The van der Waals surface area contributed by atoms with Gasteiger partial charge < -0.3 is 14.5 Å². The second-order valence-corrected chi connectivity index (χ2v) is 6.13. The number of hydrogen-bond donors (Lipinski definition) is 1. The molecule has 1 N–H and O–H groups in total. The van der Waals surface area contributed by atoms with Crippen LogP contribution in [-0.4, -0.2) is 12.5 Å². The Morgan fingerprint density at radius 1 is 1.22 bits per heavy atom. The number of ether oxygens (including phenoxy) is 1. The van der Waals surface area contributed by atoms with Gasteiger partial charge in [-0.25, -0.2) is 0 Å². The first-order valence-electron chi connectivity index (χ1n) is 7.28. The number of carbonyl (C=O) groups excluding carboxylic acids is 1. The van der Waals surface area contributed by atoms with Gasteiger partial charge in [-0.1, -0.05) is 34.1 Å². The van der Waals surface area contributed by atoms with E-state index in [9.17, 15) is 4.79 Å². The Bertz CT molecular complexity index is 778. The fourth-order valence-corrected chi connectivity index (χ4v) is 2.51. The van der Waals surface area contributed by atoms with Gasteiger partial charge in [0, 0.05) is 9.86 Å². The number of nitrogens with one attached hydrogen (secondary N) is 1. The lowest BCUT2D eigenvalue weighted by molar-refractivity contribution is -0.123. The van der Waals surface area contributed by atoms with Crippen LogP contribution < -0.4 is 10.1 Å². The van der Waals surface area contributed by atoms with Crippen LogP contribution >= 0.6 is 15.9 Å². The van der Waals surface area contributed by atoms with Crippen molar-refractivity contribution < 1.29 is 13.9 Å². The molecule has 0 fully saturated rings. The fraction of sp³-hybridized carbons (Fsp3) is 0.167. The molecule has 0 saturated carbocycles. The van der Waals surface area contributed by atoms with Crippen LogP contribution in [0.1, 0.15) is 18.7 Å². The van der Waals surface area contributed by atoms with Crippen LogP contribution in [0.2, 0.25) is 0 Å². The summed E-state index contributed by atoms with van der Waals surface area (Å²) in [6.45, 7) is 1.85. The summed E-state index contributed by atoms with van der Waals surface area (Å²) in [4.78, 5) is 12.0. The number of rotatable bonds is 5. The molecule has 2 aromatic carbocycles. The van der Waals surface area contributed by atoms with E-state index in [1.54, 1.807) is 12.1 Å². The predicted molar refractivity (Wildman–Crippen MR) is 92.4 cm³/mol. The highest BCUT2D eigenvalue weighted by Crippen LogP contribution is 2.23. The Labute approximate surface area is 142 Å². The molecule has 0 aliphatic carbocycles. The molecule has 1 aromatic heterocycles. The van der Waals surface area contributed by atoms with Crippen LogP contribution in [0.15, 0.2) is 63.5 Å². The topological polar surface area (TPSA) is 51.5 Å². The molecule has 5 heteroatoms. The largest absolute Gasteiger partial charge is 0.484 e. The van der Waals surface area contributed by atoms with Gasteiger partial charge in [-0.2, -0.15) is 0 Å². The maximum atomic E-state index is 12.0. The molecule has 0 aliphatic rings. The van der Waals surface area contributed by atoms with Crippen molar-refractivity contribution in [3.05, 3.63) is 64.8 Å². The summed E-state index contributed by atoms with van der Waals surface area (Å²) in [5.41, 5.74) is 0.815. The highest BCUT2D eigenvalue weighted by molar-refractivity contribution is 9.10. The average molecular weight is 374 g/mol. The molecular formula is C18H16BrNO3. The second kappa shape index (κ2) is 6.87. The van der Waals surface area contributed by atoms with Crippen molar-refractivity contribution in [1.29, 1.82) is 0 Å². The third kappa shape index (κ3) is 3.93. The first-order valence-corrected chi connectivity index (χ1v) is 8.07. The van der Waals surface area contributed by atoms with Gasteiger partial charge in [0.2, 0.25) is 0 Å². The van der Waals surface area contributed by atoms with Crippen molar-refractivity contribution in [3.8, 4) is 5.75 Å². The third-order valence-electron chi connectivity index (χ3n) is 3.43. The Morgan fingerprint density at radius 2 is 1.96 bits per heavy atom. The molecule has 4 nitrogen and oxygen atoms in total.